The number of rotatable bonds is 2. The van der Waals surface area contributed by atoms with Crippen molar-refractivity contribution in [3.8, 4) is 0 Å². The predicted molar refractivity (Wildman–Crippen MR) is 53.9 cm³/mol. The van der Waals surface area contributed by atoms with Crippen LogP contribution in [0.3, 0.4) is 0 Å². The molecule has 0 aromatic heterocycles. The van der Waals surface area contributed by atoms with Crippen LogP contribution in [0, 0.1) is 14.3 Å². The summed E-state index contributed by atoms with van der Waals surface area (Å²) < 4.78 is 0. The van der Waals surface area contributed by atoms with Gasteiger partial charge in [-0.05, 0) is 12.1 Å². The number of hydrogen-bond acceptors (Lipinski definition) is 3. The molecule has 0 spiro atoms. The SMILES string of the molecule is CON(C)C(=O)c1ccc(N)c([NH-])c1.[Am].[Y]. The number of carbonyl (C=O) groups is 1. The number of nitrogens with two attached hydrogens (primary N) is 1. The molecule has 16 heavy (non-hydrogen) atoms. The second kappa shape index (κ2) is 7.93. The van der Waals surface area contributed by atoms with E-state index in [-0.39, 0.29) is 58.6 Å². The Morgan fingerprint density at radius 1 is 1.50 bits per heavy atom. The zero-order chi connectivity index (χ0) is 10.7. The van der Waals surface area contributed by atoms with Crippen molar-refractivity contribution >= 4 is 17.3 Å². The topological polar surface area (TPSA) is 79.4 Å². The van der Waals surface area contributed by atoms with Crippen LogP contribution in [-0.2, 0) is 37.5 Å². The minimum atomic E-state index is -0.305. The molecule has 7 heteroatoms. The minimum absolute atomic E-state index is 0. The molecule has 0 saturated carbocycles. The molecule has 86 valence electrons. The van der Waals surface area contributed by atoms with Gasteiger partial charge in [0.1, 0.15) is 0 Å². The van der Waals surface area contributed by atoms with Crippen LogP contribution in [0.15, 0.2) is 18.2 Å². The van der Waals surface area contributed by atoms with E-state index in [4.69, 9.17) is 16.3 Å². The van der Waals surface area contributed by atoms with Gasteiger partial charge in [0, 0.05) is 65.3 Å². The third-order valence-electron chi connectivity index (χ3n) is 1.86. The number of hydroxylamine groups is 2. The van der Waals surface area contributed by atoms with E-state index in [1.54, 1.807) is 6.07 Å². The van der Waals surface area contributed by atoms with Crippen molar-refractivity contribution < 1.29 is 56.6 Å². The summed E-state index contributed by atoms with van der Waals surface area (Å²) in [6.45, 7) is 0. The first-order valence-corrected chi connectivity index (χ1v) is 3.99. The molecule has 1 aromatic carbocycles. The molecule has 0 aliphatic rings. The van der Waals surface area contributed by atoms with Crippen molar-refractivity contribution in [2.24, 2.45) is 0 Å². The summed E-state index contributed by atoms with van der Waals surface area (Å²) >= 11 is 0. The van der Waals surface area contributed by atoms with Crippen LogP contribution in [0.5, 0.6) is 0 Å². The average Bonchev–Trinajstić information content (AvgIpc) is 2.20. The van der Waals surface area contributed by atoms with Crippen molar-refractivity contribution in [1.82, 2.24) is 5.06 Å². The van der Waals surface area contributed by atoms with Gasteiger partial charge in [-0.3, -0.25) is 9.63 Å². The molecule has 0 fully saturated rings. The summed E-state index contributed by atoms with van der Waals surface area (Å²) in [5.74, 6) is -0.305. The van der Waals surface area contributed by atoms with Crippen molar-refractivity contribution in [2.75, 3.05) is 19.9 Å². The van der Waals surface area contributed by atoms with Gasteiger partial charge in [-0.2, -0.15) is 0 Å². The number of nitrogens with zero attached hydrogens (tertiary/aromatic N) is 1. The normalized spacial score (nSPS) is 8.62. The van der Waals surface area contributed by atoms with Crippen molar-refractivity contribution in [2.45, 2.75) is 0 Å². The van der Waals surface area contributed by atoms with E-state index in [0.717, 1.165) is 5.06 Å². The van der Waals surface area contributed by atoms with E-state index in [0.29, 0.717) is 11.3 Å². The molecule has 0 bridgehead atoms. The van der Waals surface area contributed by atoms with Crippen LogP contribution in [0.25, 0.3) is 5.73 Å². The first-order chi connectivity index (χ1) is 6.56. The van der Waals surface area contributed by atoms with E-state index >= 15 is 0 Å². The third kappa shape index (κ3) is 4.31. The van der Waals surface area contributed by atoms with Gasteiger partial charge < -0.3 is 11.5 Å². The molecular weight excluding hydrogens is 514 g/mol. The Bertz CT molecular complexity index is 363. The number of nitrogens with one attached hydrogen (secondary N) is 1. The molecule has 1 amide bonds. The third-order valence-corrected chi connectivity index (χ3v) is 1.86. The summed E-state index contributed by atoms with van der Waals surface area (Å²) in [6, 6.07) is 4.50. The fraction of sp³-hybridized carbons (Fsp3) is 0.222. The number of hydrogen-bond donors (Lipinski definition) is 1. The first kappa shape index (κ1) is 18.1. The molecule has 1 aromatic rings. The van der Waals surface area contributed by atoms with E-state index in [9.17, 15) is 4.79 Å². The van der Waals surface area contributed by atoms with Crippen LogP contribution in [0.4, 0.5) is 11.4 Å². The van der Waals surface area contributed by atoms with Crippen molar-refractivity contribution in [1.29, 1.82) is 0 Å². The first-order valence-electron chi connectivity index (χ1n) is 3.99. The average molecular weight is 526 g/mol. The Hall–Kier alpha value is -0.256. The zero-order valence-corrected chi connectivity index (χ0v) is 15.0. The van der Waals surface area contributed by atoms with Gasteiger partial charge in [0.15, 0.2) is 0 Å². The van der Waals surface area contributed by atoms with E-state index in [1.165, 1.54) is 26.3 Å². The molecule has 0 saturated heterocycles. The van der Waals surface area contributed by atoms with Gasteiger partial charge in [-0.15, -0.1) is 5.69 Å². The standard InChI is InChI=1S/C9H12N3O2.Am.Y/c1-12(14-2)9(13)6-3-4-7(10)8(11)5-6;;/h3-5,11H,1-2H3,(H2,10,13);;/q-1;;. The van der Waals surface area contributed by atoms with Gasteiger partial charge in [0.05, 0.1) is 7.11 Å². The van der Waals surface area contributed by atoms with Crippen LogP contribution in [0.2, 0.25) is 0 Å². The Morgan fingerprint density at radius 2 is 2.06 bits per heavy atom. The van der Waals surface area contributed by atoms with Gasteiger partial charge in [0.2, 0.25) is 0 Å². The number of benzene rings is 1. The van der Waals surface area contributed by atoms with E-state index < -0.39 is 0 Å². The fourth-order valence-corrected chi connectivity index (χ4v) is 0.954. The summed E-state index contributed by atoms with van der Waals surface area (Å²) in [7, 11) is 2.90. The number of anilines is 1. The van der Waals surface area contributed by atoms with E-state index in [1.807, 2.05) is 0 Å². The van der Waals surface area contributed by atoms with Crippen molar-refractivity contribution in [3.63, 3.8) is 0 Å². The minimum Gasteiger partial charge on any atom is -0.697 e. The molecule has 1 rings (SSSR count). The van der Waals surface area contributed by atoms with Crippen LogP contribution >= 0.6 is 0 Å². The molecule has 0 aliphatic heterocycles. The van der Waals surface area contributed by atoms with Crippen molar-refractivity contribution in [3.05, 3.63) is 29.5 Å². The molecule has 0 heterocycles. The predicted octanol–water partition coefficient (Wildman–Crippen LogP) is 1.58. The maximum atomic E-state index is 11.5. The maximum absolute atomic E-state index is 11.5. The smallest absolute Gasteiger partial charge is 0.277 e. The van der Waals surface area contributed by atoms with Gasteiger partial charge in [-0.1, -0.05) is 6.07 Å². The summed E-state index contributed by atoms with van der Waals surface area (Å²) in [4.78, 5) is 16.2. The molecule has 5 nitrogen and oxygen atoms in total. The number of amides is 1. The largest absolute Gasteiger partial charge is 0.697 e. The van der Waals surface area contributed by atoms with Gasteiger partial charge in [-0.25, -0.2) is 5.06 Å². The van der Waals surface area contributed by atoms with Crippen LogP contribution < -0.4 is 5.73 Å². The maximum Gasteiger partial charge on any atom is 0.277 e. The molecule has 0 atom stereocenters. The van der Waals surface area contributed by atoms with Crippen LogP contribution in [0.1, 0.15) is 10.4 Å². The molecular formula is C9H12AmN3O2Y-. The second-order valence-corrected chi connectivity index (χ2v) is 2.79. The Balaban J connectivity index is 0. The van der Waals surface area contributed by atoms with Crippen LogP contribution in [-0.4, -0.2) is 25.1 Å². The number of nitrogen functional groups attached to an aromatic ring is 1. The molecule has 3 N–H and O–H groups in total. The second-order valence-electron chi connectivity index (χ2n) is 2.79. The molecule has 0 aliphatic carbocycles. The summed E-state index contributed by atoms with van der Waals surface area (Å²) in [5, 5.41) is 1.09. The number of carbonyl (C=O) groups excluding carboxylic acids is 1. The monoisotopic (exact) mass is 524 g/mol. The van der Waals surface area contributed by atoms with E-state index in [2.05, 4.69) is 0 Å². The fourth-order valence-electron chi connectivity index (χ4n) is 0.954. The zero-order valence-electron chi connectivity index (χ0n) is 9.03. The Morgan fingerprint density at radius 3 is 2.50 bits per heavy atom. The molecule has 0 unspecified atom stereocenters. The van der Waals surface area contributed by atoms with Gasteiger partial charge >= 0.3 is 0 Å². The Kier molecular flexibility index (Phi) is 8.98. The Labute approximate surface area is 128 Å². The van der Waals surface area contributed by atoms with Gasteiger partial charge in [0.25, 0.3) is 5.91 Å². The molecule has 2 radical (unpaired) electrons. The summed E-state index contributed by atoms with van der Waals surface area (Å²) in [6.07, 6.45) is 0. The summed E-state index contributed by atoms with van der Waals surface area (Å²) in [5.41, 5.74) is 13.7. The quantitative estimate of drug-likeness (QED) is 0.470.